The van der Waals surface area contributed by atoms with Crippen molar-refractivity contribution in [2.75, 3.05) is 14.2 Å². The van der Waals surface area contributed by atoms with Gasteiger partial charge >= 0.3 is 0 Å². The number of aromatic nitrogens is 1. The Bertz CT molecular complexity index is 899. The van der Waals surface area contributed by atoms with Crippen LogP contribution < -0.4 is 14.0 Å². The van der Waals surface area contributed by atoms with Crippen molar-refractivity contribution in [3.63, 3.8) is 0 Å². The van der Waals surface area contributed by atoms with E-state index in [9.17, 15) is 0 Å². The third-order valence-electron chi connectivity index (χ3n) is 4.32. The molecule has 24 heavy (non-hydrogen) atoms. The molecule has 0 aliphatic rings. The van der Waals surface area contributed by atoms with E-state index in [4.69, 9.17) is 9.47 Å². The lowest BCUT2D eigenvalue weighted by Gasteiger charge is -2.11. The molecule has 122 valence electrons. The van der Waals surface area contributed by atoms with Crippen LogP contribution in [0.3, 0.4) is 0 Å². The van der Waals surface area contributed by atoms with Gasteiger partial charge in [0.05, 0.1) is 19.6 Å². The zero-order valence-electron chi connectivity index (χ0n) is 14.5. The molecule has 0 N–H and O–H groups in total. The quantitative estimate of drug-likeness (QED) is 0.674. The number of nitrogens with zero attached hydrogens (tertiary/aromatic N) is 1. The third kappa shape index (κ3) is 2.98. The van der Waals surface area contributed by atoms with Crippen LogP contribution in [0.5, 0.6) is 11.5 Å². The summed E-state index contributed by atoms with van der Waals surface area (Å²) >= 11 is 0. The molecule has 0 radical (unpaired) electrons. The predicted octanol–water partition coefficient (Wildman–Crippen LogP) is 4.16. The number of pyridine rings is 1. The lowest BCUT2D eigenvalue weighted by atomic mass is 10.1. The molecule has 0 aliphatic carbocycles. The average molecular weight is 320 g/mol. The number of benzene rings is 2. The summed E-state index contributed by atoms with van der Waals surface area (Å²) in [7, 11) is 5.41. The maximum atomic E-state index is 5.47. The molecule has 0 unspecified atom stereocenters. The van der Waals surface area contributed by atoms with Gasteiger partial charge in [0, 0.05) is 19.1 Å². The van der Waals surface area contributed by atoms with Gasteiger partial charge in [0.25, 0.3) is 0 Å². The normalized spacial score (nSPS) is 11.2. The highest BCUT2D eigenvalue weighted by Crippen LogP contribution is 2.33. The summed E-state index contributed by atoms with van der Waals surface area (Å²) in [5.74, 6) is 1.49. The first-order valence-electron chi connectivity index (χ1n) is 7.92. The van der Waals surface area contributed by atoms with Crippen LogP contribution in [-0.2, 0) is 7.05 Å². The fraction of sp³-hybridized carbons (Fsp3) is 0.190. The van der Waals surface area contributed by atoms with Crippen LogP contribution in [0, 0.1) is 6.92 Å². The second kappa shape index (κ2) is 6.75. The standard InChI is InChI=1S/C21H22NO2/c1-15-12-17-13-20(23-3)21(24-4)14-18(17)19(22(15)2)11-10-16-8-6-5-7-9-16/h5-14H,1-4H3/q+1. The first kappa shape index (κ1) is 16.1. The smallest absolute Gasteiger partial charge is 0.213 e. The zero-order valence-corrected chi connectivity index (χ0v) is 14.5. The second-order valence-electron chi connectivity index (χ2n) is 5.77. The van der Waals surface area contributed by atoms with Gasteiger partial charge in [0.1, 0.15) is 7.05 Å². The van der Waals surface area contributed by atoms with Crippen molar-refractivity contribution in [3.8, 4) is 11.5 Å². The largest absolute Gasteiger partial charge is 0.493 e. The number of hydrogen-bond donors (Lipinski definition) is 0. The fourth-order valence-corrected chi connectivity index (χ4v) is 2.87. The molecule has 2 aromatic carbocycles. The van der Waals surface area contributed by atoms with Crippen LogP contribution in [0.2, 0.25) is 0 Å². The molecule has 3 heteroatoms. The Morgan fingerprint density at radius 1 is 0.875 bits per heavy atom. The number of fused-ring (bicyclic) bond motifs is 1. The van der Waals surface area contributed by atoms with E-state index in [0.29, 0.717) is 0 Å². The monoisotopic (exact) mass is 320 g/mol. The highest BCUT2D eigenvalue weighted by molar-refractivity contribution is 5.92. The fourth-order valence-electron chi connectivity index (χ4n) is 2.87. The molecule has 0 amide bonds. The second-order valence-corrected chi connectivity index (χ2v) is 5.77. The predicted molar refractivity (Wildman–Crippen MR) is 98.3 cm³/mol. The minimum atomic E-state index is 0.739. The van der Waals surface area contributed by atoms with Crippen LogP contribution in [0.25, 0.3) is 22.9 Å². The van der Waals surface area contributed by atoms with Crippen molar-refractivity contribution in [1.82, 2.24) is 0 Å². The molecule has 3 aromatic rings. The maximum Gasteiger partial charge on any atom is 0.213 e. The summed E-state index contributed by atoms with van der Waals surface area (Å²) in [6.45, 7) is 2.11. The van der Waals surface area contributed by atoms with Crippen molar-refractivity contribution in [2.45, 2.75) is 6.92 Å². The Labute approximate surface area is 142 Å². The maximum absolute atomic E-state index is 5.47. The minimum Gasteiger partial charge on any atom is -0.493 e. The molecule has 3 rings (SSSR count). The van der Waals surface area contributed by atoms with Crippen molar-refractivity contribution >= 4 is 22.9 Å². The van der Waals surface area contributed by atoms with Crippen LogP contribution in [0.1, 0.15) is 17.0 Å². The van der Waals surface area contributed by atoms with Gasteiger partial charge in [-0.15, -0.1) is 0 Å². The zero-order chi connectivity index (χ0) is 17.1. The molecule has 1 aromatic heterocycles. The molecular weight excluding hydrogens is 298 g/mol. The van der Waals surface area contributed by atoms with E-state index in [2.05, 4.69) is 48.9 Å². The Kier molecular flexibility index (Phi) is 4.52. The van der Waals surface area contributed by atoms with Gasteiger partial charge in [-0.2, -0.15) is 4.57 Å². The summed E-state index contributed by atoms with van der Waals surface area (Å²) in [4.78, 5) is 0. The summed E-state index contributed by atoms with van der Waals surface area (Å²) in [6.07, 6.45) is 4.28. The first-order chi connectivity index (χ1) is 11.6. The molecule has 0 fully saturated rings. The lowest BCUT2D eigenvalue weighted by molar-refractivity contribution is -0.678. The number of ether oxygens (including phenoxy) is 2. The molecule has 1 heterocycles. The van der Waals surface area contributed by atoms with Crippen molar-refractivity contribution in [3.05, 3.63) is 65.5 Å². The highest BCUT2D eigenvalue weighted by atomic mass is 16.5. The lowest BCUT2D eigenvalue weighted by Crippen LogP contribution is -2.35. The van der Waals surface area contributed by atoms with Crippen LogP contribution in [0.4, 0.5) is 0 Å². The van der Waals surface area contributed by atoms with Gasteiger partial charge < -0.3 is 9.47 Å². The Morgan fingerprint density at radius 2 is 1.54 bits per heavy atom. The van der Waals surface area contributed by atoms with Gasteiger partial charge in [0.15, 0.2) is 17.2 Å². The topological polar surface area (TPSA) is 22.3 Å². The van der Waals surface area contributed by atoms with Crippen LogP contribution in [0.15, 0.2) is 48.5 Å². The molecule has 0 saturated carbocycles. The van der Waals surface area contributed by atoms with E-state index in [0.717, 1.165) is 28.0 Å². The summed E-state index contributed by atoms with van der Waals surface area (Å²) in [5, 5.41) is 2.27. The molecule has 0 atom stereocenters. The van der Waals surface area contributed by atoms with Crippen molar-refractivity contribution < 1.29 is 14.0 Å². The van der Waals surface area contributed by atoms with Gasteiger partial charge in [-0.1, -0.05) is 30.3 Å². The van der Waals surface area contributed by atoms with E-state index in [-0.39, 0.29) is 0 Å². The Balaban J connectivity index is 2.21. The number of rotatable bonds is 4. The Hall–Kier alpha value is -2.81. The number of methoxy groups -OCH3 is 2. The van der Waals surface area contributed by atoms with Gasteiger partial charge in [-0.3, -0.25) is 0 Å². The van der Waals surface area contributed by atoms with E-state index >= 15 is 0 Å². The molecule has 0 saturated heterocycles. The van der Waals surface area contributed by atoms with E-state index < -0.39 is 0 Å². The van der Waals surface area contributed by atoms with Crippen LogP contribution in [-0.4, -0.2) is 14.2 Å². The summed E-state index contributed by atoms with van der Waals surface area (Å²) in [5.41, 5.74) is 3.49. The molecular formula is C21H22NO2+. The SMILES string of the molecule is COc1cc2cc(C)[n+](C)c(C=Cc3ccccc3)c2cc1OC. The van der Waals surface area contributed by atoms with Crippen molar-refractivity contribution in [1.29, 1.82) is 0 Å². The molecule has 0 bridgehead atoms. The van der Waals surface area contributed by atoms with Gasteiger partial charge in [-0.05, 0) is 29.2 Å². The van der Waals surface area contributed by atoms with E-state index in [1.807, 2.05) is 30.3 Å². The summed E-state index contributed by atoms with van der Waals surface area (Å²) in [6, 6.07) is 16.5. The molecule has 0 aliphatic heterocycles. The highest BCUT2D eigenvalue weighted by Gasteiger charge is 2.16. The van der Waals surface area contributed by atoms with E-state index in [1.54, 1.807) is 14.2 Å². The van der Waals surface area contributed by atoms with Crippen molar-refractivity contribution in [2.24, 2.45) is 7.05 Å². The summed E-state index contributed by atoms with van der Waals surface area (Å²) < 4.78 is 13.1. The Morgan fingerprint density at radius 3 is 2.21 bits per heavy atom. The van der Waals surface area contributed by atoms with Gasteiger partial charge in [0.2, 0.25) is 5.69 Å². The molecule has 0 spiro atoms. The molecule has 3 nitrogen and oxygen atoms in total. The van der Waals surface area contributed by atoms with E-state index in [1.165, 1.54) is 11.3 Å². The van der Waals surface area contributed by atoms with Crippen LogP contribution >= 0.6 is 0 Å². The first-order valence-corrected chi connectivity index (χ1v) is 7.92. The minimum absolute atomic E-state index is 0.739. The number of aryl methyl sites for hydroxylation is 1. The van der Waals surface area contributed by atoms with Gasteiger partial charge in [-0.25, -0.2) is 0 Å². The average Bonchev–Trinajstić information content (AvgIpc) is 2.62. The third-order valence-corrected chi connectivity index (χ3v) is 4.32. The number of hydrogen-bond acceptors (Lipinski definition) is 2.